The van der Waals surface area contributed by atoms with Crippen molar-refractivity contribution in [1.29, 1.82) is 0 Å². The molecule has 19 heavy (non-hydrogen) atoms. The Kier molecular flexibility index (Phi) is 3.85. The molecular weight excluding hydrogens is 260 g/mol. The molecule has 5 heteroatoms. The molecule has 0 bridgehead atoms. The van der Waals surface area contributed by atoms with Crippen LogP contribution in [0.1, 0.15) is 29.1 Å². The summed E-state index contributed by atoms with van der Waals surface area (Å²) in [5, 5.41) is 14.4. The summed E-state index contributed by atoms with van der Waals surface area (Å²) in [4.78, 5) is 16.9. The quantitative estimate of drug-likeness (QED) is 0.902. The van der Waals surface area contributed by atoms with Gasteiger partial charge in [0, 0.05) is 23.0 Å². The number of carbonyl (C=O) groups excluding carboxylic acids is 1. The van der Waals surface area contributed by atoms with Crippen molar-refractivity contribution in [2.45, 2.75) is 19.3 Å². The summed E-state index contributed by atoms with van der Waals surface area (Å²) in [7, 11) is 0. The van der Waals surface area contributed by atoms with Gasteiger partial charge in [0.1, 0.15) is 5.75 Å². The zero-order valence-corrected chi connectivity index (χ0v) is 11.7. The highest BCUT2D eigenvalue weighted by Crippen LogP contribution is 2.26. The predicted octanol–water partition coefficient (Wildman–Crippen LogP) is 2.56. The number of pyridine rings is 1. The van der Waals surface area contributed by atoms with Crippen LogP contribution in [0.5, 0.6) is 5.75 Å². The largest absolute Gasteiger partial charge is 0.505 e. The summed E-state index contributed by atoms with van der Waals surface area (Å²) in [6.45, 7) is 4.66. The lowest BCUT2D eigenvalue weighted by atomic mass is 9.91. The Morgan fingerprint density at radius 2 is 2.26 bits per heavy atom. The first kappa shape index (κ1) is 13.5. The smallest absolute Gasteiger partial charge is 0.255 e. The van der Waals surface area contributed by atoms with E-state index in [2.05, 4.69) is 30.2 Å². The fourth-order valence-electron chi connectivity index (χ4n) is 1.73. The summed E-state index contributed by atoms with van der Waals surface area (Å²) in [6, 6.07) is 5.56. The first-order valence-corrected chi connectivity index (χ1v) is 6.84. The Labute approximate surface area is 116 Å². The highest BCUT2D eigenvalue weighted by Gasteiger charge is 2.23. The van der Waals surface area contributed by atoms with E-state index in [-0.39, 0.29) is 22.6 Å². The Hall–Kier alpha value is -1.88. The third-order valence-corrected chi connectivity index (χ3v) is 4.16. The van der Waals surface area contributed by atoms with Gasteiger partial charge < -0.3 is 10.4 Å². The van der Waals surface area contributed by atoms with E-state index >= 15 is 0 Å². The van der Waals surface area contributed by atoms with E-state index in [1.807, 2.05) is 11.4 Å². The first-order chi connectivity index (χ1) is 9.00. The molecule has 0 aromatic carbocycles. The number of nitrogens with zero attached hydrogens (tertiary/aromatic N) is 1. The van der Waals surface area contributed by atoms with Crippen LogP contribution in [0.3, 0.4) is 0 Å². The number of aromatic hydroxyl groups is 1. The van der Waals surface area contributed by atoms with Crippen molar-refractivity contribution in [2.24, 2.45) is 0 Å². The topological polar surface area (TPSA) is 62.2 Å². The van der Waals surface area contributed by atoms with E-state index in [1.54, 1.807) is 11.3 Å². The molecule has 2 N–H and O–H groups in total. The molecular formula is C14H16N2O2S. The maximum absolute atomic E-state index is 12.0. The van der Waals surface area contributed by atoms with Crippen LogP contribution in [0, 0.1) is 0 Å². The molecule has 0 aliphatic carbocycles. The number of carbonyl (C=O) groups is 1. The number of aromatic nitrogens is 1. The van der Waals surface area contributed by atoms with Gasteiger partial charge in [0.2, 0.25) is 0 Å². The van der Waals surface area contributed by atoms with Gasteiger partial charge in [-0.05, 0) is 17.5 Å². The van der Waals surface area contributed by atoms with Crippen molar-refractivity contribution in [2.75, 3.05) is 6.54 Å². The summed E-state index contributed by atoms with van der Waals surface area (Å²) in [5.41, 5.74) is 0.115. The Morgan fingerprint density at radius 3 is 2.89 bits per heavy atom. The van der Waals surface area contributed by atoms with Crippen molar-refractivity contribution < 1.29 is 9.90 Å². The molecule has 0 atom stereocenters. The van der Waals surface area contributed by atoms with Gasteiger partial charge in [-0.2, -0.15) is 0 Å². The standard InChI is InChI=1S/C14H16N2O2S/c1-14(2,12-4-3-7-19-12)9-16-13(18)10-5-6-15-8-11(10)17/h3-8,17H,9H2,1-2H3,(H,16,18). The van der Waals surface area contributed by atoms with Crippen molar-refractivity contribution in [3.05, 3.63) is 46.4 Å². The average Bonchev–Trinajstić information content (AvgIpc) is 2.91. The summed E-state index contributed by atoms with van der Waals surface area (Å²) < 4.78 is 0. The lowest BCUT2D eigenvalue weighted by Gasteiger charge is -2.23. The minimum Gasteiger partial charge on any atom is -0.505 e. The molecule has 0 saturated carbocycles. The van der Waals surface area contributed by atoms with Crippen LogP contribution in [0.2, 0.25) is 0 Å². The Balaban J connectivity index is 2.03. The van der Waals surface area contributed by atoms with Gasteiger partial charge in [-0.15, -0.1) is 11.3 Å². The van der Waals surface area contributed by atoms with Crippen LogP contribution in [-0.2, 0) is 5.41 Å². The number of thiophene rings is 1. The third-order valence-electron chi connectivity index (χ3n) is 2.92. The molecule has 0 saturated heterocycles. The van der Waals surface area contributed by atoms with Crippen molar-refractivity contribution in [1.82, 2.24) is 10.3 Å². The van der Waals surface area contributed by atoms with E-state index in [0.717, 1.165) is 0 Å². The van der Waals surface area contributed by atoms with Crippen LogP contribution in [0.25, 0.3) is 0 Å². The molecule has 0 aliphatic rings. The molecule has 0 spiro atoms. The second kappa shape index (κ2) is 5.40. The molecule has 1 amide bonds. The van der Waals surface area contributed by atoms with Crippen LogP contribution in [-0.4, -0.2) is 22.5 Å². The minimum atomic E-state index is -0.287. The van der Waals surface area contributed by atoms with Crippen LogP contribution >= 0.6 is 11.3 Å². The monoisotopic (exact) mass is 276 g/mol. The van der Waals surface area contributed by atoms with Gasteiger partial charge in [0.25, 0.3) is 5.91 Å². The lowest BCUT2D eigenvalue weighted by Crippen LogP contribution is -2.36. The van der Waals surface area contributed by atoms with Gasteiger partial charge in [-0.25, -0.2) is 0 Å². The molecule has 2 aromatic heterocycles. The summed E-state index contributed by atoms with van der Waals surface area (Å²) in [6.07, 6.45) is 2.75. The summed E-state index contributed by atoms with van der Waals surface area (Å²) >= 11 is 1.67. The fraction of sp³-hybridized carbons (Fsp3) is 0.286. The average molecular weight is 276 g/mol. The van der Waals surface area contributed by atoms with Crippen molar-refractivity contribution >= 4 is 17.2 Å². The van der Waals surface area contributed by atoms with Crippen LogP contribution < -0.4 is 5.32 Å². The van der Waals surface area contributed by atoms with Gasteiger partial charge in [-0.3, -0.25) is 9.78 Å². The second-order valence-corrected chi connectivity index (χ2v) is 5.88. The first-order valence-electron chi connectivity index (χ1n) is 5.96. The number of hydrogen-bond donors (Lipinski definition) is 2. The van der Waals surface area contributed by atoms with Gasteiger partial charge in [0.15, 0.2) is 0 Å². The lowest BCUT2D eigenvalue weighted by molar-refractivity contribution is 0.0943. The highest BCUT2D eigenvalue weighted by atomic mass is 32.1. The van der Waals surface area contributed by atoms with E-state index < -0.39 is 0 Å². The van der Waals surface area contributed by atoms with Gasteiger partial charge >= 0.3 is 0 Å². The SMILES string of the molecule is CC(C)(CNC(=O)c1ccncc1O)c1cccs1. The number of nitrogens with one attached hydrogen (secondary N) is 1. The normalized spacial score (nSPS) is 11.3. The molecule has 0 aliphatic heterocycles. The van der Waals surface area contributed by atoms with Crippen LogP contribution in [0.4, 0.5) is 0 Å². The van der Waals surface area contributed by atoms with Crippen molar-refractivity contribution in [3.63, 3.8) is 0 Å². The zero-order valence-electron chi connectivity index (χ0n) is 10.9. The molecule has 0 fully saturated rings. The minimum absolute atomic E-state index is 0.103. The Morgan fingerprint density at radius 1 is 1.47 bits per heavy atom. The fourth-order valence-corrected chi connectivity index (χ4v) is 2.58. The van der Waals surface area contributed by atoms with E-state index in [9.17, 15) is 9.90 Å². The predicted molar refractivity (Wildman–Crippen MR) is 75.6 cm³/mol. The second-order valence-electron chi connectivity index (χ2n) is 4.94. The number of amides is 1. The van der Waals surface area contributed by atoms with Gasteiger partial charge in [-0.1, -0.05) is 19.9 Å². The number of rotatable bonds is 4. The molecule has 2 rings (SSSR count). The molecule has 4 nitrogen and oxygen atoms in total. The molecule has 0 radical (unpaired) electrons. The van der Waals surface area contributed by atoms with E-state index in [4.69, 9.17) is 0 Å². The molecule has 2 aromatic rings. The van der Waals surface area contributed by atoms with E-state index in [0.29, 0.717) is 6.54 Å². The maximum atomic E-state index is 12.0. The third kappa shape index (κ3) is 3.12. The Bertz CT molecular complexity index is 565. The zero-order chi connectivity index (χ0) is 13.9. The number of hydrogen-bond acceptors (Lipinski definition) is 4. The van der Waals surface area contributed by atoms with Gasteiger partial charge in [0.05, 0.1) is 11.8 Å². The molecule has 2 heterocycles. The highest BCUT2D eigenvalue weighted by molar-refractivity contribution is 7.10. The molecule has 0 unspecified atom stereocenters. The van der Waals surface area contributed by atoms with E-state index in [1.165, 1.54) is 23.3 Å². The summed E-state index contributed by atoms with van der Waals surface area (Å²) in [5.74, 6) is -0.390. The maximum Gasteiger partial charge on any atom is 0.255 e. The molecule has 100 valence electrons. The van der Waals surface area contributed by atoms with Crippen molar-refractivity contribution in [3.8, 4) is 5.75 Å². The van der Waals surface area contributed by atoms with Crippen LogP contribution in [0.15, 0.2) is 36.0 Å².